The maximum Gasteiger partial charge on any atom is 0.481 e. The number of hydrogen-bond donors (Lipinski definition) is 9. The zero-order valence-corrected chi connectivity index (χ0v) is 33.0. The standard InChI is InChI=1S/C25H42N7O17P3S.Li/c1-4-5-16(34)53-9-8-27-15(33)6-7-28-23(37)20(36)25(2,3)11-46-52(43,44)49-51(41,42)45-10-14-19(48-50(38,39)40)18(35)24(47-14)32-13-31-17-21(26)29-12-30-22(17)32;/h12-14,18-20,24,35-36H,4-11H2,1-3H3,(H,27,33)(H,28,37)(H,41,42)(H,43,44)(H2,26,29,30)(H2,38,39,40);. The number of phosphoric acid groups is 3. The van der Waals surface area contributed by atoms with Crippen LogP contribution in [0.1, 0.15) is 46.3 Å². The molecule has 0 spiro atoms. The van der Waals surface area contributed by atoms with Crippen molar-refractivity contribution in [2.24, 2.45) is 5.41 Å². The Labute approximate surface area is 324 Å². The van der Waals surface area contributed by atoms with E-state index in [1.807, 2.05) is 6.92 Å². The van der Waals surface area contributed by atoms with Crippen molar-refractivity contribution >= 4 is 88.0 Å². The van der Waals surface area contributed by atoms with E-state index in [4.69, 9.17) is 19.5 Å². The molecular formula is C25H42LiN7O17P3S. The molecule has 0 aromatic carbocycles. The molecule has 0 bridgehead atoms. The van der Waals surface area contributed by atoms with Gasteiger partial charge in [-0.15, -0.1) is 0 Å². The Kier molecular flexibility index (Phi) is 18.4. The monoisotopic (exact) mass is 844 g/mol. The summed E-state index contributed by atoms with van der Waals surface area (Å²) in [7, 11) is -16.4. The predicted octanol–water partition coefficient (Wildman–Crippen LogP) is -0.916. The molecule has 0 aliphatic carbocycles. The van der Waals surface area contributed by atoms with Crippen LogP contribution in [0.4, 0.5) is 5.82 Å². The van der Waals surface area contributed by atoms with Gasteiger partial charge in [0.1, 0.15) is 36.3 Å². The fourth-order valence-corrected chi connectivity index (χ4v) is 8.18. The largest absolute Gasteiger partial charge is 0.481 e. The van der Waals surface area contributed by atoms with Gasteiger partial charge in [-0.25, -0.2) is 28.6 Å². The number of ether oxygens (including phenoxy) is 1. The number of nitrogens with two attached hydrogens (primary N) is 1. The molecule has 3 rings (SSSR count). The van der Waals surface area contributed by atoms with Crippen LogP contribution in [0.15, 0.2) is 12.7 Å². The van der Waals surface area contributed by atoms with Gasteiger partial charge in [0.25, 0.3) is 0 Å². The topological polar surface area (TPSA) is 364 Å². The van der Waals surface area contributed by atoms with Crippen LogP contribution in [0.3, 0.4) is 0 Å². The van der Waals surface area contributed by atoms with E-state index in [0.29, 0.717) is 12.2 Å². The molecule has 29 heteroatoms. The number of aliphatic hydroxyl groups is 2. The van der Waals surface area contributed by atoms with Crippen LogP contribution in [0.2, 0.25) is 0 Å². The molecule has 7 atom stereocenters. The van der Waals surface area contributed by atoms with Crippen LogP contribution >= 0.6 is 35.2 Å². The molecule has 1 radical (unpaired) electrons. The number of carbonyl (C=O) groups excluding carboxylic acids is 3. The van der Waals surface area contributed by atoms with E-state index < -0.39 is 84.6 Å². The average molecular weight is 845 g/mol. The van der Waals surface area contributed by atoms with Crippen LogP contribution in [-0.2, 0) is 50.7 Å². The predicted molar refractivity (Wildman–Crippen MR) is 188 cm³/mol. The van der Waals surface area contributed by atoms with Crippen molar-refractivity contribution in [2.75, 3.05) is 37.8 Å². The van der Waals surface area contributed by atoms with E-state index in [-0.39, 0.29) is 60.5 Å². The molecule has 54 heavy (non-hydrogen) atoms. The van der Waals surface area contributed by atoms with Gasteiger partial charge in [0.2, 0.25) is 11.8 Å². The molecule has 2 aromatic heterocycles. The van der Waals surface area contributed by atoms with Gasteiger partial charge in [0.05, 0.1) is 19.5 Å². The van der Waals surface area contributed by atoms with Gasteiger partial charge in [-0.3, -0.25) is 32.5 Å². The van der Waals surface area contributed by atoms with E-state index >= 15 is 0 Å². The molecule has 1 saturated heterocycles. The second-order valence-electron chi connectivity index (χ2n) is 12.0. The van der Waals surface area contributed by atoms with Crippen molar-refractivity contribution in [3.8, 4) is 0 Å². The quantitative estimate of drug-likeness (QED) is 0.0417. The fourth-order valence-electron chi connectivity index (χ4n) is 4.57. The summed E-state index contributed by atoms with van der Waals surface area (Å²) in [5.74, 6) is -1.06. The molecular weight excluding hydrogens is 802 g/mol. The summed E-state index contributed by atoms with van der Waals surface area (Å²) in [6.07, 6.45) is -5.73. The Morgan fingerprint density at radius 1 is 1.06 bits per heavy atom. The Morgan fingerprint density at radius 2 is 1.72 bits per heavy atom. The number of nitrogens with one attached hydrogen (secondary N) is 2. The average Bonchev–Trinajstić information content (AvgIpc) is 3.61. The number of nitrogen functional groups attached to an aromatic ring is 1. The molecule has 3 heterocycles. The van der Waals surface area contributed by atoms with Gasteiger partial charge in [0, 0.05) is 56.0 Å². The number of thioether (sulfide) groups is 1. The fraction of sp³-hybridized carbons (Fsp3) is 0.680. The first-order chi connectivity index (χ1) is 24.6. The number of rotatable bonds is 21. The maximum absolute atomic E-state index is 12.6. The van der Waals surface area contributed by atoms with Crippen molar-refractivity contribution in [1.29, 1.82) is 0 Å². The van der Waals surface area contributed by atoms with Gasteiger partial charge in [-0.1, -0.05) is 32.5 Å². The van der Waals surface area contributed by atoms with E-state index in [2.05, 4.69) is 34.4 Å². The molecule has 1 aliphatic heterocycles. The second-order valence-corrected chi connectivity index (χ2v) is 17.4. The molecule has 301 valence electrons. The number of aromatic nitrogens is 4. The number of nitrogens with zero attached hydrogens (tertiary/aromatic N) is 4. The van der Waals surface area contributed by atoms with Gasteiger partial charge >= 0.3 is 23.5 Å². The number of amides is 2. The molecule has 2 aromatic rings. The van der Waals surface area contributed by atoms with Crippen LogP contribution in [-0.4, -0.2) is 142 Å². The Bertz CT molecular complexity index is 1750. The van der Waals surface area contributed by atoms with Crippen molar-refractivity contribution in [3.05, 3.63) is 12.7 Å². The summed E-state index contributed by atoms with van der Waals surface area (Å²) in [6, 6.07) is 0. The number of imidazole rings is 1. The van der Waals surface area contributed by atoms with Crippen molar-refractivity contribution in [3.63, 3.8) is 0 Å². The van der Waals surface area contributed by atoms with Gasteiger partial charge < -0.3 is 50.9 Å². The van der Waals surface area contributed by atoms with Gasteiger partial charge in [-0.05, 0) is 6.42 Å². The number of aliphatic hydroxyl groups excluding tert-OH is 2. The maximum atomic E-state index is 12.6. The summed E-state index contributed by atoms with van der Waals surface area (Å²) in [5.41, 5.74) is 4.27. The zero-order chi connectivity index (χ0) is 39.8. The Morgan fingerprint density at radius 3 is 2.37 bits per heavy atom. The summed E-state index contributed by atoms with van der Waals surface area (Å²) in [5, 5.41) is 26.3. The minimum atomic E-state index is -5.56. The number of carbonyl (C=O) groups is 3. The first-order valence-electron chi connectivity index (χ1n) is 15.6. The number of phosphoric ester groups is 3. The first-order valence-corrected chi connectivity index (χ1v) is 21.1. The molecule has 1 fully saturated rings. The summed E-state index contributed by atoms with van der Waals surface area (Å²) >= 11 is 1.09. The molecule has 0 saturated carbocycles. The van der Waals surface area contributed by atoms with Gasteiger partial charge in [0.15, 0.2) is 22.8 Å². The van der Waals surface area contributed by atoms with Crippen LogP contribution in [0.25, 0.3) is 11.2 Å². The van der Waals surface area contributed by atoms with Crippen molar-refractivity contribution in [2.45, 2.75) is 70.7 Å². The van der Waals surface area contributed by atoms with Crippen molar-refractivity contribution in [1.82, 2.24) is 30.2 Å². The number of fused-ring (bicyclic) bond motifs is 1. The van der Waals surface area contributed by atoms with E-state index in [1.165, 1.54) is 13.8 Å². The molecule has 7 unspecified atom stereocenters. The molecule has 1 aliphatic rings. The third-order valence-electron chi connectivity index (χ3n) is 7.22. The van der Waals surface area contributed by atoms with Crippen molar-refractivity contribution < 1.29 is 80.5 Å². The van der Waals surface area contributed by atoms with E-state index in [9.17, 15) is 57.9 Å². The number of hydrogen-bond acceptors (Lipinski definition) is 18. The SMILES string of the molecule is CCCC(=O)SCCNC(=O)CCNC(=O)C(O)C(C)(C)COP(=O)(O)OP(=O)(O)OCC1OC(n2cnc3c(N)ncnc32)C(O)C1OP(=O)(O)O.[Li]. The second kappa shape index (κ2) is 20.5. The molecule has 10 N–H and O–H groups in total. The normalized spacial score (nSPS) is 21.8. The Balaban J connectivity index is 0.0000101. The van der Waals surface area contributed by atoms with Crippen LogP contribution in [0, 0.1) is 5.41 Å². The van der Waals surface area contributed by atoms with Gasteiger partial charge in [-0.2, -0.15) is 4.31 Å². The Hall–Kier alpha value is -1.84. The first kappa shape index (κ1) is 48.3. The van der Waals surface area contributed by atoms with Crippen LogP contribution in [0.5, 0.6) is 0 Å². The van der Waals surface area contributed by atoms with E-state index in [0.717, 1.165) is 35.4 Å². The number of anilines is 1. The summed E-state index contributed by atoms with van der Waals surface area (Å²) in [6.45, 7) is 2.41. The minimum absolute atomic E-state index is 0. The third kappa shape index (κ3) is 14.6. The molecule has 2 amide bonds. The smallest absolute Gasteiger partial charge is 0.386 e. The van der Waals surface area contributed by atoms with E-state index in [1.54, 1.807) is 0 Å². The minimum Gasteiger partial charge on any atom is -0.386 e. The molecule has 24 nitrogen and oxygen atoms in total. The zero-order valence-electron chi connectivity index (χ0n) is 29.5. The van der Waals surface area contributed by atoms with Crippen LogP contribution < -0.4 is 16.4 Å². The summed E-state index contributed by atoms with van der Waals surface area (Å²) < 4.78 is 61.9. The third-order valence-corrected chi connectivity index (χ3v) is 11.3. The summed E-state index contributed by atoms with van der Waals surface area (Å²) in [4.78, 5) is 86.8.